The number of amides is 2. The first-order valence-corrected chi connectivity index (χ1v) is 19.6. The summed E-state index contributed by atoms with van der Waals surface area (Å²) in [5.41, 5.74) is 7.45. The molecular weight excluding hydrogens is 691 g/mol. The Morgan fingerprint density at radius 3 is 2.33 bits per heavy atom. The summed E-state index contributed by atoms with van der Waals surface area (Å²) in [4.78, 5) is 28.1. The van der Waals surface area contributed by atoms with Gasteiger partial charge in [-0.1, -0.05) is 112 Å². The van der Waals surface area contributed by atoms with E-state index in [0.29, 0.717) is 23.3 Å². The monoisotopic (exact) mass is 745 g/mol. The third kappa shape index (κ3) is 9.65. The molecule has 7 rings (SSSR count). The van der Waals surface area contributed by atoms with E-state index in [1.54, 1.807) is 0 Å². The van der Waals surface area contributed by atoms with Gasteiger partial charge in [-0.15, -0.1) is 0 Å². The van der Waals surface area contributed by atoms with Crippen LogP contribution in [0.1, 0.15) is 86.7 Å². The lowest BCUT2D eigenvalue weighted by atomic mass is 9.65. The number of carbonyl (C=O) groups is 2. The predicted octanol–water partition coefficient (Wildman–Crippen LogP) is 7.88. The zero-order valence-corrected chi connectivity index (χ0v) is 32.5. The van der Waals surface area contributed by atoms with Crippen molar-refractivity contribution in [3.8, 4) is 11.1 Å². The lowest BCUT2D eigenvalue weighted by molar-refractivity contribution is -0.253. The van der Waals surface area contributed by atoms with E-state index in [9.17, 15) is 14.7 Å². The van der Waals surface area contributed by atoms with Gasteiger partial charge in [0.1, 0.15) is 6.04 Å². The van der Waals surface area contributed by atoms with E-state index < -0.39 is 24.3 Å². The first kappa shape index (κ1) is 38.7. The van der Waals surface area contributed by atoms with Crippen molar-refractivity contribution in [2.75, 3.05) is 20.2 Å². The number of benzene rings is 4. The smallest absolute Gasteiger partial charge is 0.328 e. The van der Waals surface area contributed by atoms with E-state index >= 15 is 0 Å². The predicted molar refractivity (Wildman–Crippen MR) is 213 cm³/mol. The molecule has 55 heavy (non-hydrogen) atoms. The number of methoxy groups -OCH3 is 1. The average Bonchev–Trinajstić information content (AvgIpc) is 3.43. The Balaban J connectivity index is 1.05. The molecule has 4 aromatic rings. The minimum atomic E-state index is -0.810. The van der Waals surface area contributed by atoms with Gasteiger partial charge in [0.05, 0.1) is 25.9 Å². The van der Waals surface area contributed by atoms with Crippen molar-refractivity contribution in [3.05, 3.63) is 131 Å². The van der Waals surface area contributed by atoms with E-state index in [1.165, 1.54) is 26.4 Å². The first-order valence-electron chi connectivity index (χ1n) is 19.6. The number of fused-ring (bicyclic) bond motifs is 2. The summed E-state index contributed by atoms with van der Waals surface area (Å²) in [5.74, 6) is -0.499. The summed E-state index contributed by atoms with van der Waals surface area (Å²) in [6.45, 7) is 9.55. The summed E-state index contributed by atoms with van der Waals surface area (Å²) in [7, 11) is 1.32. The number of esters is 1. The maximum atomic E-state index is 12.9. The molecule has 4 aromatic carbocycles. The molecule has 290 valence electrons. The zero-order valence-electron chi connectivity index (χ0n) is 32.5. The number of nitrogens with one attached hydrogen (secondary N) is 2. The van der Waals surface area contributed by atoms with Crippen LogP contribution in [0.2, 0.25) is 0 Å². The SMILES string of the molecule is COC(=O)C(Cc1ccccc1)NC(=O)NCc1cccc(-c2cccc(C3OC(CN4CC5(C)CC4CC(C)(C)C5)CC(c4ccc(CO)cc4)O3)c2)c1. The molecule has 9 nitrogen and oxygen atoms in total. The van der Waals surface area contributed by atoms with Crippen LogP contribution in [0.4, 0.5) is 4.79 Å². The van der Waals surface area contributed by atoms with Crippen LogP contribution in [0.3, 0.4) is 0 Å². The molecule has 2 aliphatic heterocycles. The molecule has 3 N–H and O–H groups in total. The van der Waals surface area contributed by atoms with E-state index in [4.69, 9.17) is 14.2 Å². The van der Waals surface area contributed by atoms with E-state index in [1.807, 2.05) is 60.7 Å². The highest BCUT2D eigenvalue weighted by Gasteiger charge is 2.50. The molecule has 1 aliphatic carbocycles. The maximum Gasteiger partial charge on any atom is 0.328 e. The topological polar surface area (TPSA) is 109 Å². The van der Waals surface area contributed by atoms with Crippen LogP contribution in [0, 0.1) is 10.8 Å². The fourth-order valence-electron chi connectivity index (χ4n) is 9.39. The van der Waals surface area contributed by atoms with Gasteiger partial charge in [0, 0.05) is 44.1 Å². The molecule has 1 saturated carbocycles. The fourth-order valence-corrected chi connectivity index (χ4v) is 9.39. The number of aliphatic hydroxyl groups excluding tert-OH is 1. The molecule has 0 spiro atoms. The lowest BCUT2D eigenvalue weighted by Gasteiger charge is -2.41. The highest BCUT2D eigenvalue weighted by Crippen LogP contribution is 2.53. The van der Waals surface area contributed by atoms with Gasteiger partial charge in [-0.2, -0.15) is 0 Å². The molecule has 6 unspecified atom stereocenters. The molecule has 2 amide bonds. The number of ether oxygens (including phenoxy) is 3. The van der Waals surface area contributed by atoms with Crippen molar-refractivity contribution in [1.29, 1.82) is 0 Å². The van der Waals surface area contributed by atoms with Crippen molar-refractivity contribution in [2.45, 2.75) is 96.6 Å². The first-order chi connectivity index (χ1) is 26.5. The quantitative estimate of drug-likeness (QED) is 0.127. The summed E-state index contributed by atoms with van der Waals surface area (Å²) >= 11 is 0. The van der Waals surface area contributed by atoms with E-state index in [-0.39, 0.29) is 25.4 Å². The molecule has 6 atom stereocenters. The second-order valence-electron chi connectivity index (χ2n) is 16.9. The Morgan fingerprint density at radius 1 is 0.855 bits per heavy atom. The zero-order chi connectivity index (χ0) is 38.6. The number of carbonyl (C=O) groups excluding carboxylic acids is 2. The van der Waals surface area contributed by atoms with Crippen molar-refractivity contribution in [3.63, 3.8) is 0 Å². The number of nitrogens with zero attached hydrogens (tertiary/aromatic N) is 1. The second kappa shape index (κ2) is 16.7. The third-order valence-electron chi connectivity index (χ3n) is 11.5. The normalized spacial score (nSPS) is 25.2. The molecular formula is C46H55N3O6. The number of hydrogen-bond donors (Lipinski definition) is 3. The Bertz CT molecular complexity index is 1930. The van der Waals surface area contributed by atoms with Crippen LogP contribution in [0.25, 0.3) is 11.1 Å². The number of aliphatic hydroxyl groups is 1. The highest BCUT2D eigenvalue weighted by atomic mass is 16.7. The minimum absolute atomic E-state index is 0.00744. The summed E-state index contributed by atoms with van der Waals surface area (Å²) in [6.07, 6.45) is 4.09. The molecule has 3 aliphatic rings. The Hall–Kier alpha value is -4.54. The van der Waals surface area contributed by atoms with Gasteiger partial charge in [-0.25, -0.2) is 9.59 Å². The van der Waals surface area contributed by atoms with Gasteiger partial charge in [-0.3, -0.25) is 4.90 Å². The van der Waals surface area contributed by atoms with Crippen LogP contribution in [0.5, 0.6) is 0 Å². The van der Waals surface area contributed by atoms with Crippen LogP contribution in [-0.4, -0.2) is 60.4 Å². The van der Waals surface area contributed by atoms with E-state index in [0.717, 1.165) is 58.5 Å². The second-order valence-corrected chi connectivity index (χ2v) is 16.9. The molecule has 2 heterocycles. The Kier molecular flexibility index (Phi) is 11.7. The molecule has 3 fully saturated rings. The number of rotatable bonds is 12. The van der Waals surface area contributed by atoms with Gasteiger partial charge in [0.25, 0.3) is 0 Å². The lowest BCUT2D eigenvalue weighted by Crippen LogP contribution is -2.47. The van der Waals surface area contributed by atoms with Crippen molar-refractivity contribution in [1.82, 2.24) is 15.5 Å². The van der Waals surface area contributed by atoms with Gasteiger partial charge in [0.2, 0.25) is 0 Å². The third-order valence-corrected chi connectivity index (χ3v) is 11.5. The highest BCUT2D eigenvalue weighted by molar-refractivity contribution is 5.83. The number of urea groups is 1. The maximum absolute atomic E-state index is 12.9. The largest absolute Gasteiger partial charge is 0.467 e. The van der Waals surface area contributed by atoms with Crippen LogP contribution in [0.15, 0.2) is 103 Å². The van der Waals surface area contributed by atoms with Crippen LogP contribution < -0.4 is 10.6 Å². The Labute approximate surface area is 325 Å². The summed E-state index contributed by atoms with van der Waals surface area (Å²) in [6, 6.07) is 33.3. The van der Waals surface area contributed by atoms with Gasteiger partial charge >= 0.3 is 12.0 Å². The molecule has 2 saturated heterocycles. The Morgan fingerprint density at radius 2 is 1.58 bits per heavy atom. The van der Waals surface area contributed by atoms with Crippen molar-refractivity contribution >= 4 is 12.0 Å². The minimum Gasteiger partial charge on any atom is -0.467 e. The molecule has 9 heteroatoms. The summed E-state index contributed by atoms with van der Waals surface area (Å²) < 4.78 is 18.6. The van der Waals surface area contributed by atoms with Gasteiger partial charge < -0.3 is 30.0 Å². The summed E-state index contributed by atoms with van der Waals surface area (Å²) in [5, 5.41) is 15.3. The van der Waals surface area contributed by atoms with Gasteiger partial charge in [-0.05, 0) is 75.6 Å². The van der Waals surface area contributed by atoms with Gasteiger partial charge in [0.15, 0.2) is 6.29 Å². The van der Waals surface area contributed by atoms with E-state index in [2.05, 4.69) is 78.8 Å². The van der Waals surface area contributed by atoms with Crippen molar-refractivity contribution in [2.24, 2.45) is 10.8 Å². The molecule has 0 radical (unpaired) electrons. The number of likely N-dealkylation sites (tertiary alicyclic amines) is 1. The molecule has 0 aromatic heterocycles. The fraction of sp³-hybridized carbons (Fsp3) is 0.435. The van der Waals surface area contributed by atoms with Crippen molar-refractivity contribution < 1.29 is 28.9 Å². The number of hydrogen-bond acceptors (Lipinski definition) is 7. The standard InChI is InChI=1S/C46H55N3O6/c1-45(2)24-38-25-46(3,29-45)30-49(38)27-39-23-41(34-18-16-32(28-50)17-19-34)55-43(54-39)37-15-9-14-36(22-37)35-13-8-12-33(20-35)26-47-44(52)48-40(42(51)53-4)21-31-10-6-5-7-11-31/h5-20,22,38-41,43,50H,21,23-30H2,1-4H3,(H2,47,48,52). The average molecular weight is 746 g/mol. The van der Waals surface area contributed by atoms with Crippen LogP contribution in [-0.2, 0) is 38.6 Å². The molecule has 2 bridgehead atoms. The van der Waals surface area contributed by atoms with Crippen LogP contribution >= 0.6 is 0 Å².